The second kappa shape index (κ2) is 6.04. The number of hydrogen-bond acceptors (Lipinski definition) is 5. The van der Waals surface area contributed by atoms with E-state index in [1.165, 1.54) is 9.80 Å². The molecule has 8 nitrogen and oxygen atoms in total. The predicted molar refractivity (Wildman–Crippen MR) is 86.4 cm³/mol. The highest BCUT2D eigenvalue weighted by Gasteiger charge is 2.40. The summed E-state index contributed by atoms with van der Waals surface area (Å²) in [5, 5.41) is 6.50. The van der Waals surface area contributed by atoms with Crippen LogP contribution in [0.5, 0.6) is 0 Å². The first-order valence-corrected chi connectivity index (χ1v) is 8.02. The van der Waals surface area contributed by atoms with E-state index in [1.54, 1.807) is 6.07 Å². The van der Waals surface area contributed by atoms with Gasteiger partial charge in [-0.3, -0.25) is 14.4 Å². The Morgan fingerprint density at radius 2 is 2.00 bits per heavy atom. The van der Waals surface area contributed by atoms with Gasteiger partial charge in [-0.1, -0.05) is 35.5 Å². The van der Waals surface area contributed by atoms with Crippen molar-refractivity contribution in [2.24, 2.45) is 0 Å². The molecule has 4 rings (SSSR count). The van der Waals surface area contributed by atoms with Crippen molar-refractivity contribution in [3.05, 3.63) is 42.2 Å². The average Bonchev–Trinajstić information content (AvgIpc) is 3.15. The summed E-state index contributed by atoms with van der Waals surface area (Å²) < 4.78 is 5.20. The van der Waals surface area contributed by atoms with Gasteiger partial charge in [0.15, 0.2) is 0 Å². The summed E-state index contributed by atoms with van der Waals surface area (Å²) in [4.78, 5) is 39.6. The molecule has 8 heteroatoms. The molecule has 0 unspecified atom stereocenters. The van der Waals surface area contributed by atoms with Crippen LogP contribution in [-0.4, -0.2) is 64.9 Å². The highest BCUT2D eigenvalue weighted by atomic mass is 16.5. The van der Waals surface area contributed by atoms with E-state index in [2.05, 4.69) is 10.5 Å². The Hall–Kier alpha value is -3.16. The van der Waals surface area contributed by atoms with Gasteiger partial charge in [0, 0.05) is 24.7 Å². The number of benzene rings is 1. The summed E-state index contributed by atoms with van der Waals surface area (Å²) in [6, 6.07) is 10.4. The molecule has 1 N–H and O–H groups in total. The van der Waals surface area contributed by atoms with Crippen LogP contribution in [0.2, 0.25) is 0 Å². The van der Waals surface area contributed by atoms with Gasteiger partial charge in [-0.15, -0.1) is 0 Å². The molecular weight excluding hydrogens is 324 g/mol. The van der Waals surface area contributed by atoms with Crippen molar-refractivity contribution in [3.8, 4) is 11.3 Å². The standard InChI is InChI=1S/C17H16N4O4/c22-15-9-18-16(23)13-10-20(6-7-21(13)15)17(24)14-8-12(19-25-14)11-4-2-1-3-5-11/h1-5,8,13H,6-7,9-10H2,(H,18,23)/t13-/m1/s1. The lowest BCUT2D eigenvalue weighted by atomic mass is 10.1. The molecule has 25 heavy (non-hydrogen) atoms. The third kappa shape index (κ3) is 2.75. The SMILES string of the molecule is O=C1NCC(=O)N2CCN(C(=O)c3cc(-c4ccccc4)no3)C[C@H]12. The van der Waals surface area contributed by atoms with Crippen LogP contribution in [0.1, 0.15) is 10.6 Å². The quantitative estimate of drug-likeness (QED) is 0.838. The van der Waals surface area contributed by atoms with E-state index in [4.69, 9.17) is 4.52 Å². The molecule has 3 amide bonds. The minimum atomic E-state index is -0.643. The molecule has 128 valence electrons. The van der Waals surface area contributed by atoms with E-state index in [1.807, 2.05) is 30.3 Å². The number of nitrogens with one attached hydrogen (secondary N) is 1. The maximum atomic E-state index is 12.7. The van der Waals surface area contributed by atoms with Crippen molar-refractivity contribution in [3.63, 3.8) is 0 Å². The zero-order valence-corrected chi connectivity index (χ0v) is 13.3. The molecule has 1 aromatic carbocycles. The van der Waals surface area contributed by atoms with E-state index in [0.717, 1.165) is 5.56 Å². The van der Waals surface area contributed by atoms with Gasteiger partial charge in [0.05, 0.1) is 13.1 Å². The van der Waals surface area contributed by atoms with Crippen LogP contribution in [0.25, 0.3) is 11.3 Å². The molecule has 0 spiro atoms. The van der Waals surface area contributed by atoms with Crippen LogP contribution >= 0.6 is 0 Å². The Morgan fingerprint density at radius 1 is 1.20 bits per heavy atom. The summed E-state index contributed by atoms with van der Waals surface area (Å²) >= 11 is 0. The van der Waals surface area contributed by atoms with Crippen molar-refractivity contribution >= 4 is 17.7 Å². The van der Waals surface area contributed by atoms with Gasteiger partial charge in [0.2, 0.25) is 17.6 Å². The number of hydrogen-bond donors (Lipinski definition) is 1. The fourth-order valence-corrected chi connectivity index (χ4v) is 3.15. The molecule has 0 bridgehead atoms. The van der Waals surface area contributed by atoms with Gasteiger partial charge in [0.25, 0.3) is 5.91 Å². The van der Waals surface area contributed by atoms with Crippen LogP contribution in [0.3, 0.4) is 0 Å². The topological polar surface area (TPSA) is 95.8 Å². The second-order valence-electron chi connectivity index (χ2n) is 6.01. The molecule has 2 fully saturated rings. The highest BCUT2D eigenvalue weighted by Crippen LogP contribution is 2.21. The summed E-state index contributed by atoms with van der Waals surface area (Å²) in [7, 11) is 0. The van der Waals surface area contributed by atoms with E-state index in [0.29, 0.717) is 18.8 Å². The first-order chi connectivity index (χ1) is 12.1. The molecule has 2 saturated heterocycles. The van der Waals surface area contributed by atoms with E-state index in [-0.39, 0.29) is 36.6 Å². The summed E-state index contributed by atoms with van der Waals surface area (Å²) in [6.07, 6.45) is 0. The second-order valence-corrected chi connectivity index (χ2v) is 6.01. The van der Waals surface area contributed by atoms with Crippen molar-refractivity contribution in [1.29, 1.82) is 0 Å². The molecule has 1 aromatic heterocycles. The summed E-state index contributed by atoms with van der Waals surface area (Å²) in [6.45, 7) is 0.863. The molecule has 1 atom stereocenters. The highest BCUT2D eigenvalue weighted by molar-refractivity contribution is 5.97. The van der Waals surface area contributed by atoms with Crippen LogP contribution in [0.15, 0.2) is 40.9 Å². The van der Waals surface area contributed by atoms with Gasteiger partial charge >= 0.3 is 0 Å². The number of piperazine rings is 2. The average molecular weight is 340 g/mol. The van der Waals surface area contributed by atoms with Gasteiger partial charge in [-0.2, -0.15) is 0 Å². The monoisotopic (exact) mass is 340 g/mol. The lowest BCUT2D eigenvalue weighted by Crippen LogP contribution is -2.66. The van der Waals surface area contributed by atoms with E-state index >= 15 is 0 Å². The number of aromatic nitrogens is 1. The third-order valence-electron chi connectivity index (χ3n) is 4.49. The molecule has 2 aliphatic heterocycles. The van der Waals surface area contributed by atoms with Crippen LogP contribution in [0.4, 0.5) is 0 Å². The van der Waals surface area contributed by atoms with Crippen LogP contribution in [0, 0.1) is 0 Å². The van der Waals surface area contributed by atoms with Gasteiger partial charge in [-0.05, 0) is 0 Å². The maximum Gasteiger partial charge on any atom is 0.292 e. The number of carbonyl (C=O) groups excluding carboxylic acids is 3. The normalized spacial score (nSPS) is 20.2. The zero-order valence-electron chi connectivity index (χ0n) is 13.3. The largest absolute Gasteiger partial charge is 0.350 e. The number of fused-ring (bicyclic) bond motifs is 1. The zero-order chi connectivity index (χ0) is 17.4. The molecule has 2 aromatic rings. The molecule has 0 saturated carbocycles. The molecule has 3 heterocycles. The van der Waals surface area contributed by atoms with Crippen molar-refractivity contribution in [2.75, 3.05) is 26.2 Å². The first-order valence-electron chi connectivity index (χ1n) is 8.02. The number of nitrogens with zero attached hydrogens (tertiary/aromatic N) is 3. The minimum Gasteiger partial charge on any atom is -0.350 e. The fraction of sp³-hybridized carbons (Fsp3) is 0.294. The third-order valence-corrected chi connectivity index (χ3v) is 4.49. The Kier molecular flexibility index (Phi) is 3.72. The van der Waals surface area contributed by atoms with Crippen LogP contribution < -0.4 is 5.32 Å². The van der Waals surface area contributed by atoms with Crippen molar-refractivity contribution in [2.45, 2.75) is 6.04 Å². The van der Waals surface area contributed by atoms with Crippen molar-refractivity contribution in [1.82, 2.24) is 20.3 Å². The number of rotatable bonds is 2. The Labute approximate surface area is 143 Å². The lowest BCUT2D eigenvalue weighted by Gasteiger charge is -2.42. The summed E-state index contributed by atoms with van der Waals surface area (Å²) in [5.74, 6) is -0.572. The lowest BCUT2D eigenvalue weighted by molar-refractivity contribution is -0.148. The van der Waals surface area contributed by atoms with Gasteiger partial charge in [0.1, 0.15) is 11.7 Å². The molecule has 0 aliphatic carbocycles. The van der Waals surface area contributed by atoms with Gasteiger partial charge < -0.3 is 19.6 Å². The predicted octanol–water partition coefficient (Wildman–Crippen LogP) is 0.124. The first kappa shape index (κ1) is 15.4. The maximum absolute atomic E-state index is 12.7. The van der Waals surface area contributed by atoms with E-state index < -0.39 is 6.04 Å². The van der Waals surface area contributed by atoms with E-state index in [9.17, 15) is 14.4 Å². The smallest absolute Gasteiger partial charge is 0.292 e. The van der Waals surface area contributed by atoms with Gasteiger partial charge in [-0.25, -0.2) is 0 Å². The Morgan fingerprint density at radius 3 is 2.80 bits per heavy atom. The fourth-order valence-electron chi connectivity index (χ4n) is 3.15. The molecule has 2 aliphatic rings. The van der Waals surface area contributed by atoms with Crippen LogP contribution in [-0.2, 0) is 9.59 Å². The summed E-state index contributed by atoms with van der Waals surface area (Å²) in [5.41, 5.74) is 1.43. The molecule has 0 radical (unpaired) electrons. The minimum absolute atomic E-state index is 0.0197. The molecular formula is C17H16N4O4. The Bertz CT molecular complexity index is 832. The van der Waals surface area contributed by atoms with Crippen molar-refractivity contribution < 1.29 is 18.9 Å². The number of carbonyl (C=O) groups is 3. The number of amides is 3. The Balaban J connectivity index is 1.51.